The molecule has 5 heteroatoms. The van der Waals surface area contributed by atoms with Crippen LogP contribution in [0.25, 0.3) is 0 Å². The first-order chi connectivity index (χ1) is 12.1. The number of benzene rings is 1. The fourth-order valence-electron chi connectivity index (χ4n) is 3.49. The molecule has 25 heavy (non-hydrogen) atoms. The predicted octanol–water partition coefficient (Wildman–Crippen LogP) is 1.51. The van der Waals surface area contributed by atoms with E-state index in [2.05, 4.69) is 65.8 Å². The van der Waals surface area contributed by atoms with E-state index in [9.17, 15) is 4.79 Å². The fourth-order valence-corrected chi connectivity index (χ4v) is 4.20. The lowest BCUT2D eigenvalue weighted by molar-refractivity contribution is -0.914. The zero-order chi connectivity index (χ0) is 17.6. The van der Waals surface area contributed by atoms with Crippen molar-refractivity contribution in [2.75, 3.05) is 37.6 Å². The maximum atomic E-state index is 12.4. The molecule has 0 aliphatic carbocycles. The van der Waals surface area contributed by atoms with Gasteiger partial charge in [-0.2, -0.15) is 0 Å². The van der Waals surface area contributed by atoms with Crippen LogP contribution in [0.2, 0.25) is 0 Å². The summed E-state index contributed by atoms with van der Waals surface area (Å²) in [6.07, 6.45) is 0.923. The Morgan fingerprint density at radius 3 is 2.68 bits per heavy atom. The number of quaternary nitrogens is 1. The Balaban J connectivity index is 1.45. The Morgan fingerprint density at radius 2 is 2.00 bits per heavy atom. The van der Waals surface area contributed by atoms with Gasteiger partial charge in [-0.1, -0.05) is 24.3 Å². The smallest absolute Gasteiger partial charge is 0.278 e. The second-order valence-corrected chi connectivity index (χ2v) is 7.81. The summed E-state index contributed by atoms with van der Waals surface area (Å²) in [6, 6.07) is 12.7. The van der Waals surface area contributed by atoms with E-state index in [0.29, 0.717) is 0 Å². The average molecular weight is 359 g/mol. The SMILES string of the molecule is Cc1ccccc1N1CC[NH+]([C@@H](C)C(=O)NCCc2cccs2)CC1. The number of anilines is 1. The van der Waals surface area contributed by atoms with Gasteiger partial charge in [0.15, 0.2) is 6.04 Å². The first-order valence-electron chi connectivity index (χ1n) is 9.10. The van der Waals surface area contributed by atoms with Gasteiger partial charge in [0.1, 0.15) is 0 Å². The number of thiophene rings is 1. The lowest BCUT2D eigenvalue weighted by Crippen LogP contribution is -3.19. The van der Waals surface area contributed by atoms with Crippen LogP contribution in [0.1, 0.15) is 17.4 Å². The first kappa shape index (κ1) is 18.0. The van der Waals surface area contributed by atoms with Gasteiger partial charge in [-0.25, -0.2) is 0 Å². The molecule has 1 atom stereocenters. The van der Waals surface area contributed by atoms with Gasteiger partial charge in [-0.3, -0.25) is 4.79 Å². The molecule has 1 aromatic heterocycles. The van der Waals surface area contributed by atoms with Crippen molar-refractivity contribution in [1.29, 1.82) is 0 Å². The van der Waals surface area contributed by atoms with Crippen LogP contribution in [0, 0.1) is 6.92 Å². The van der Waals surface area contributed by atoms with E-state index in [1.54, 1.807) is 11.3 Å². The number of piperazine rings is 1. The largest absolute Gasteiger partial charge is 0.360 e. The molecular formula is C20H28N3OS+. The molecule has 4 nitrogen and oxygen atoms in total. The fraction of sp³-hybridized carbons (Fsp3) is 0.450. The predicted molar refractivity (Wildman–Crippen MR) is 105 cm³/mol. The molecule has 2 heterocycles. The van der Waals surface area contributed by atoms with Gasteiger partial charge >= 0.3 is 0 Å². The molecule has 0 radical (unpaired) electrons. The van der Waals surface area contributed by atoms with Crippen LogP contribution in [0.15, 0.2) is 41.8 Å². The van der Waals surface area contributed by atoms with Crippen molar-refractivity contribution in [3.05, 3.63) is 52.2 Å². The molecule has 0 spiro atoms. The van der Waals surface area contributed by atoms with Crippen LogP contribution >= 0.6 is 11.3 Å². The van der Waals surface area contributed by atoms with E-state index in [1.807, 2.05) is 0 Å². The molecule has 2 aromatic rings. The molecule has 1 fully saturated rings. The summed E-state index contributed by atoms with van der Waals surface area (Å²) >= 11 is 1.75. The Morgan fingerprint density at radius 1 is 1.24 bits per heavy atom. The Kier molecular flexibility index (Phi) is 6.10. The van der Waals surface area contributed by atoms with Crippen LogP contribution in [0.4, 0.5) is 5.69 Å². The van der Waals surface area contributed by atoms with Gasteiger partial charge in [-0.15, -0.1) is 11.3 Å². The van der Waals surface area contributed by atoms with Crippen LogP contribution < -0.4 is 15.1 Å². The van der Waals surface area contributed by atoms with Crippen molar-refractivity contribution in [1.82, 2.24) is 5.32 Å². The summed E-state index contributed by atoms with van der Waals surface area (Å²) < 4.78 is 0. The van der Waals surface area contributed by atoms with E-state index in [0.717, 1.165) is 39.1 Å². The minimum Gasteiger partial charge on any atom is -0.360 e. The average Bonchev–Trinajstić information content (AvgIpc) is 3.15. The number of hydrogen-bond donors (Lipinski definition) is 2. The number of carbonyl (C=O) groups is 1. The number of nitrogens with zero attached hydrogens (tertiary/aromatic N) is 1. The highest BCUT2D eigenvalue weighted by Crippen LogP contribution is 2.18. The molecule has 1 aliphatic heterocycles. The summed E-state index contributed by atoms with van der Waals surface area (Å²) in [7, 11) is 0. The molecule has 0 saturated carbocycles. The molecule has 2 N–H and O–H groups in total. The summed E-state index contributed by atoms with van der Waals surface area (Å²) in [5, 5.41) is 5.18. The second-order valence-electron chi connectivity index (χ2n) is 6.77. The standard InChI is InChI=1S/C20H27N3OS/c1-16-6-3-4-8-19(16)23-13-11-22(12-14-23)17(2)20(24)21-10-9-18-7-5-15-25-18/h3-8,15,17H,9-14H2,1-2H3,(H,21,24)/p+1/t17-/m0/s1. The third-order valence-electron chi connectivity index (χ3n) is 5.12. The number of carbonyl (C=O) groups excluding carboxylic acids is 1. The van der Waals surface area contributed by atoms with Crippen molar-refractivity contribution in [2.45, 2.75) is 26.3 Å². The third kappa shape index (κ3) is 4.61. The summed E-state index contributed by atoms with van der Waals surface area (Å²) in [6.45, 7) is 8.98. The number of para-hydroxylation sites is 1. The van der Waals surface area contributed by atoms with E-state index < -0.39 is 0 Å². The zero-order valence-corrected chi connectivity index (χ0v) is 15.9. The molecule has 1 saturated heterocycles. The van der Waals surface area contributed by atoms with Gasteiger partial charge in [0.05, 0.1) is 26.2 Å². The molecule has 3 rings (SSSR count). The van der Waals surface area contributed by atoms with E-state index >= 15 is 0 Å². The Bertz CT molecular complexity index is 678. The number of rotatable bonds is 6. The highest BCUT2D eigenvalue weighted by atomic mass is 32.1. The maximum Gasteiger partial charge on any atom is 0.278 e. The van der Waals surface area contributed by atoms with Crippen molar-refractivity contribution >= 4 is 22.9 Å². The number of nitrogens with one attached hydrogen (secondary N) is 2. The quantitative estimate of drug-likeness (QED) is 0.821. The van der Waals surface area contributed by atoms with Crippen molar-refractivity contribution in [2.24, 2.45) is 0 Å². The van der Waals surface area contributed by atoms with Gasteiger partial charge in [0, 0.05) is 17.1 Å². The molecule has 134 valence electrons. The van der Waals surface area contributed by atoms with Crippen molar-refractivity contribution in [3.63, 3.8) is 0 Å². The van der Waals surface area contributed by atoms with E-state index in [1.165, 1.54) is 21.0 Å². The van der Waals surface area contributed by atoms with Crippen molar-refractivity contribution < 1.29 is 9.69 Å². The maximum absolute atomic E-state index is 12.4. The highest BCUT2D eigenvalue weighted by Gasteiger charge is 2.29. The van der Waals surface area contributed by atoms with Crippen molar-refractivity contribution in [3.8, 4) is 0 Å². The molecular weight excluding hydrogens is 330 g/mol. The van der Waals surface area contributed by atoms with Crippen LogP contribution in [-0.4, -0.2) is 44.7 Å². The lowest BCUT2D eigenvalue weighted by Gasteiger charge is -2.36. The third-order valence-corrected chi connectivity index (χ3v) is 6.05. The van der Waals surface area contributed by atoms with Crippen LogP contribution in [0.5, 0.6) is 0 Å². The number of hydrogen-bond acceptors (Lipinski definition) is 3. The minimum atomic E-state index is 0.0161. The van der Waals surface area contributed by atoms with Gasteiger partial charge in [0.25, 0.3) is 5.91 Å². The zero-order valence-electron chi connectivity index (χ0n) is 15.1. The lowest BCUT2D eigenvalue weighted by atomic mass is 10.1. The monoisotopic (exact) mass is 358 g/mol. The highest BCUT2D eigenvalue weighted by molar-refractivity contribution is 7.09. The van der Waals surface area contributed by atoms with E-state index in [-0.39, 0.29) is 11.9 Å². The summed E-state index contributed by atoms with van der Waals surface area (Å²) in [5.74, 6) is 0.177. The molecule has 1 amide bonds. The molecule has 1 aromatic carbocycles. The topological polar surface area (TPSA) is 36.8 Å². The summed E-state index contributed by atoms with van der Waals surface area (Å²) in [4.78, 5) is 17.6. The molecule has 1 aliphatic rings. The van der Waals surface area contributed by atoms with Crippen LogP contribution in [-0.2, 0) is 11.2 Å². The van der Waals surface area contributed by atoms with Gasteiger partial charge in [0.2, 0.25) is 0 Å². The summed E-state index contributed by atoms with van der Waals surface area (Å²) in [5.41, 5.74) is 2.65. The second kappa shape index (κ2) is 8.50. The Labute approximate surface area is 154 Å². The van der Waals surface area contributed by atoms with Gasteiger partial charge in [-0.05, 0) is 43.3 Å². The Hall–Kier alpha value is -1.85. The first-order valence-corrected chi connectivity index (χ1v) is 9.98. The number of amides is 1. The number of aryl methyl sites for hydroxylation is 1. The van der Waals surface area contributed by atoms with Crippen LogP contribution in [0.3, 0.4) is 0 Å². The van der Waals surface area contributed by atoms with E-state index in [4.69, 9.17) is 0 Å². The minimum absolute atomic E-state index is 0.0161. The molecule has 0 unspecified atom stereocenters. The molecule has 0 bridgehead atoms. The normalized spacial score (nSPS) is 16.6. The van der Waals surface area contributed by atoms with Gasteiger partial charge < -0.3 is 15.1 Å².